The normalized spacial score (nSPS) is 10.0. The summed E-state index contributed by atoms with van der Waals surface area (Å²) in [4.78, 5) is 0. The summed E-state index contributed by atoms with van der Waals surface area (Å²) in [5.41, 5.74) is 1.78. The van der Waals surface area contributed by atoms with Crippen molar-refractivity contribution in [2.75, 3.05) is 28.4 Å². The van der Waals surface area contributed by atoms with Gasteiger partial charge in [0.15, 0.2) is 0 Å². The molecule has 0 aromatic heterocycles. The van der Waals surface area contributed by atoms with Crippen LogP contribution in [0.25, 0.3) is 11.1 Å². The Morgan fingerprint density at radius 1 is 0.650 bits per heavy atom. The molecule has 0 amide bonds. The third-order valence-electron chi connectivity index (χ3n) is 3.07. The third kappa shape index (κ3) is 2.64. The van der Waals surface area contributed by atoms with E-state index in [0.717, 1.165) is 22.6 Å². The summed E-state index contributed by atoms with van der Waals surface area (Å²) in [6.07, 6.45) is 0. The van der Waals surface area contributed by atoms with Crippen molar-refractivity contribution >= 4 is 0 Å². The Bertz CT molecular complexity index is 549. The van der Waals surface area contributed by atoms with Gasteiger partial charge >= 0.3 is 0 Å². The van der Waals surface area contributed by atoms with Crippen molar-refractivity contribution in [3.05, 3.63) is 36.4 Å². The second-order valence-electron chi connectivity index (χ2n) is 4.14. The summed E-state index contributed by atoms with van der Waals surface area (Å²) in [5.74, 6) is 2.90. The van der Waals surface area contributed by atoms with Crippen LogP contribution in [-0.4, -0.2) is 28.4 Å². The van der Waals surface area contributed by atoms with Gasteiger partial charge in [-0.25, -0.2) is 0 Å². The summed E-state index contributed by atoms with van der Waals surface area (Å²) >= 11 is 0. The second-order valence-corrected chi connectivity index (χ2v) is 4.14. The SMILES string of the molecule is COc1cc(OC)cc(-c2c(OC)cccc2OC)c1. The number of methoxy groups -OCH3 is 4. The van der Waals surface area contributed by atoms with Crippen LogP contribution in [0.5, 0.6) is 23.0 Å². The van der Waals surface area contributed by atoms with Gasteiger partial charge in [-0.15, -0.1) is 0 Å². The summed E-state index contributed by atoms with van der Waals surface area (Å²) in [6.45, 7) is 0. The maximum Gasteiger partial charge on any atom is 0.130 e. The molecule has 0 saturated heterocycles. The van der Waals surface area contributed by atoms with Crippen molar-refractivity contribution in [2.45, 2.75) is 0 Å². The molecular weight excluding hydrogens is 256 g/mol. The topological polar surface area (TPSA) is 36.9 Å². The van der Waals surface area contributed by atoms with E-state index < -0.39 is 0 Å². The van der Waals surface area contributed by atoms with Crippen LogP contribution in [0.1, 0.15) is 0 Å². The number of hydrogen-bond donors (Lipinski definition) is 0. The van der Waals surface area contributed by atoms with Crippen LogP contribution >= 0.6 is 0 Å². The van der Waals surface area contributed by atoms with E-state index in [1.807, 2.05) is 36.4 Å². The molecule has 0 aliphatic rings. The van der Waals surface area contributed by atoms with E-state index in [1.165, 1.54) is 0 Å². The van der Waals surface area contributed by atoms with Gasteiger partial charge in [0.25, 0.3) is 0 Å². The average molecular weight is 274 g/mol. The smallest absolute Gasteiger partial charge is 0.130 e. The minimum absolute atomic E-state index is 0.715. The van der Waals surface area contributed by atoms with Gasteiger partial charge < -0.3 is 18.9 Å². The molecule has 0 spiro atoms. The van der Waals surface area contributed by atoms with Gasteiger partial charge in [0.05, 0.1) is 34.0 Å². The first kappa shape index (κ1) is 14.1. The van der Waals surface area contributed by atoms with Gasteiger partial charge in [0.2, 0.25) is 0 Å². The van der Waals surface area contributed by atoms with Crippen LogP contribution in [0.2, 0.25) is 0 Å². The molecule has 0 bridgehead atoms. The van der Waals surface area contributed by atoms with Gasteiger partial charge in [0.1, 0.15) is 23.0 Å². The molecule has 0 aliphatic carbocycles. The Morgan fingerprint density at radius 2 is 1.15 bits per heavy atom. The molecule has 106 valence electrons. The number of rotatable bonds is 5. The molecule has 0 atom stereocenters. The van der Waals surface area contributed by atoms with Crippen molar-refractivity contribution < 1.29 is 18.9 Å². The largest absolute Gasteiger partial charge is 0.497 e. The Hall–Kier alpha value is -2.36. The fraction of sp³-hybridized carbons (Fsp3) is 0.250. The predicted molar refractivity (Wildman–Crippen MR) is 78.1 cm³/mol. The van der Waals surface area contributed by atoms with Crippen LogP contribution in [-0.2, 0) is 0 Å². The average Bonchev–Trinajstić information content (AvgIpc) is 2.53. The minimum Gasteiger partial charge on any atom is -0.497 e. The van der Waals surface area contributed by atoms with Crippen LogP contribution in [0.3, 0.4) is 0 Å². The number of hydrogen-bond acceptors (Lipinski definition) is 4. The molecular formula is C16H18O4. The monoisotopic (exact) mass is 274 g/mol. The van der Waals surface area contributed by atoms with E-state index in [-0.39, 0.29) is 0 Å². The molecule has 2 rings (SSSR count). The fourth-order valence-electron chi connectivity index (χ4n) is 2.09. The van der Waals surface area contributed by atoms with Crippen molar-refractivity contribution in [1.29, 1.82) is 0 Å². The van der Waals surface area contributed by atoms with E-state index in [2.05, 4.69) is 0 Å². The number of benzene rings is 2. The molecule has 4 heteroatoms. The van der Waals surface area contributed by atoms with Crippen LogP contribution in [0.4, 0.5) is 0 Å². The molecule has 2 aromatic carbocycles. The standard InChI is InChI=1S/C16H18O4/c1-17-12-8-11(9-13(10-12)18-2)16-14(19-3)6-5-7-15(16)20-4/h5-10H,1-4H3. The lowest BCUT2D eigenvalue weighted by molar-refractivity contribution is 0.392. The van der Waals surface area contributed by atoms with Gasteiger partial charge in [-0.1, -0.05) is 6.07 Å². The summed E-state index contributed by atoms with van der Waals surface area (Å²) in [7, 11) is 6.52. The van der Waals surface area contributed by atoms with Crippen LogP contribution in [0.15, 0.2) is 36.4 Å². The lowest BCUT2D eigenvalue weighted by Crippen LogP contribution is -1.94. The van der Waals surface area contributed by atoms with Crippen molar-refractivity contribution in [1.82, 2.24) is 0 Å². The molecule has 0 unspecified atom stereocenters. The molecule has 0 fully saturated rings. The maximum absolute atomic E-state index is 5.43. The minimum atomic E-state index is 0.715. The highest BCUT2D eigenvalue weighted by atomic mass is 16.5. The Balaban J connectivity index is 2.66. The zero-order chi connectivity index (χ0) is 14.5. The lowest BCUT2D eigenvalue weighted by atomic mass is 10.0. The maximum atomic E-state index is 5.43. The molecule has 2 aromatic rings. The Morgan fingerprint density at radius 3 is 1.55 bits per heavy atom. The molecule has 0 saturated carbocycles. The first-order chi connectivity index (χ1) is 9.73. The molecule has 4 nitrogen and oxygen atoms in total. The predicted octanol–water partition coefficient (Wildman–Crippen LogP) is 3.39. The quantitative estimate of drug-likeness (QED) is 0.837. The van der Waals surface area contributed by atoms with E-state index in [1.54, 1.807) is 28.4 Å². The first-order valence-electron chi connectivity index (χ1n) is 6.18. The molecule has 0 radical (unpaired) electrons. The second kappa shape index (κ2) is 6.19. The van der Waals surface area contributed by atoms with Gasteiger partial charge in [-0.3, -0.25) is 0 Å². The first-order valence-corrected chi connectivity index (χ1v) is 6.18. The van der Waals surface area contributed by atoms with Gasteiger partial charge in [-0.05, 0) is 29.8 Å². The molecule has 20 heavy (non-hydrogen) atoms. The van der Waals surface area contributed by atoms with Crippen LogP contribution in [0, 0.1) is 0 Å². The summed E-state index contributed by atoms with van der Waals surface area (Å²) in [5, 5.41) is 0. The highest BCUT2D eigenvalue weighted by Gasteiger charge is 2.14. The fourth-order valence-corrected chi connectivity index (χ4v) is 2.09. The van der Waals surface area contributed by atoms with E-state index >= 15 is 0 Å². The van der Waals surface area contributed by atoms with Crippen molar-refractivity contribution in [2.24, 2.45) is 0 Å². The molecule has 0 N–H and O–H groups in total. The zero-order valence-corrected chi connectivity index (χ0v) is 12.1. The van der Waals surface area contributed by atoms with Gasteiger partial charge in [0, 0.05) is 6.07 Å². The molecule has 0 aliphatic heterocycles. The van der Waals surface area contributed by atoms with E-state index in [0.29, 0.717) is 11.5 Å². The summed E-state index contributed by atoms with van der Waals surface area (Å²) in [6, 6.07) is 11.3. The lowest BCUT2D eigenvalue weighted by Gasteiger charge is -2.15. The highest BCUT2D eigenvalue weighted by molar-refractivity contribution is 5.78. The van der Waals surface area contributed by atoms with Gasteiger partial charge in [-0.2, -0.15) is 0 Å². The van der Waals surface area contributed by atoms with E-state index in [4.69, 9.17) is 18.9 Å². The van der Waals surface area contributed by atoms with Crippen molar-refractivity contribution in [3.63, 3.8) is 0 Å². The zero-order valence-electron chi connectivity index (χ0n) is 12.1. The number of ether oxygens (including phenoxy) is 4. The Kier molecular flexibility index (Phi) is 4.35. The van der Waals surface area contributed by atoms with Crippen LogP contribution < -0.4 is 18.9 Å². The Labute approximate surface area is 118 Å². The highest BCUT2D eigenvalue weighted by Crippen LogP contribution is 2.41. The summed E-state index contributed by atoms with van der Waals surface area (Å²) < 4.78 is 21.5. The van der Waals surface area contributed by atoms with E-state index in [9.17, 15) is 0 Å². The molecule has 0 heterocycles. The third-order valence-corrected chi connectivity index (χ3v) is 3.07. The van der Waals surface area contributed by atoms with Crippen molar-refractivity contribution in [3.8, 4) is 34.1 Å².